The van der Waals surface area contributed by atoms with Gasteiger partial charge in [-0.15, -0.1) is 0 Å². The zero-order chi connectivity index (χ0) is 25.3. The summed E-state index contributed by atoms with van der Waals surface area (Å²) in [6, 6.07) is 14.7. The Bertz CT molecular complexity index is 829. The molecule has 0 saturated heterocycles. The molecule has 0 unspecified atom stereocenters. The van der Waals surface area contributed by atoms with Gasteiger partial charge in [0.15, 0.2) is 0 Å². The molecule has 0 aliphatic heterocycles. The van der Waals surface area contributed by atoms with Crippen molar-refractivity contribution >= 4 is 5.97 Å². The number of carbonyl (C=O) groups excluding carboxylic acids is 1. The molecule has 194 valence electrons. The second-order valence-electron chi connectivity index (χ2n) is 8.90. The van der Waals surface area contributed by atoms with Gasteiger partial charge in [-0.25, -0.2) is 4.79 Å². The maximum Gasteiger partial charge on any atom is 2.00 e. The molecule has 2 aliphatic rings. The number of unbranched alkanes of at least 4 members (excludes halogenated alkanes) is 7. The quantitative estimate of drug-likeness (QED) is 0.112. The summed E-state index contributed by atoms with van der Waals surface area (Å²) in [7, 11) is 0. The van der Waals surface area contributed by atoms with Crippen LogP contribution in [0.4, 0.5) is 0 Å². The van der Waals surface area contributed by atoms with Crippen LogP contribution in [0.15, 0.2) is 48.5 Å². The first-order chi connectivity index (χ1) is 17.8. The predicted molar refractivity (Wildman–Crippen MR) is 147 cm³/mol. The van der Waals surface area contributed by atoms with Gasteiger partial charge < -0.3 is 9.47 Å². The average Bonchev–Trinajstić information content (AvgIpc) is 3.66. The van der Waals surface area contributed by atoms with Crippen LogP contribution in [0.1, 0.15) is 74.2 Å². The Morgan fingerprint density at radius 3 is 1.70 bits per heavy atom. The smallest absolute Gasteiger partial charge is 0.494 e. The fourth-order valence-corrected chi connectivity index (χ4v) is 3.88. The largest absolute Gasteiger partial charge is 2.00 e. The first-order valence-electron chi connectivity index (χ1n) is 13.2. The zero-order valence-electron chi connectivity index (χ0n) is 21.8. The van der Waals surface area contributed by atoms with Crippen molar-refractivity contribution in [1.29, 1.82) is 0 Å². The Hall–Kier alpha value is -1.77. The van der Waals surface area contributed by atoms with E-state index in [1.807, 2.05) is 82.1 Å². The van der Waals surface area contributed by atoms with Gasteiger partial charge >= 0.3 is 23.0 Å². The molecule has 2 aliphatic carbocycles. The summed E-state index contributed by atoms with van der Waals surface area (Å²) in [4.78, 5) is 12.4. The molecule has 2 fully saturated rings. The van der Waals surface area contributed by atoms with Crippen LogP contribution in [0, 0.1) is 63.7 Å². The van der Waals surface area contributed by atoms with Crippen molar-refractivity contribution in [3.8, 4) is 11.5 Å². The molecule has 0 bridgehead atoms. The van der Waals surface area contributed by atoms with E-state index in [0.717, 1.165) is 30.3 Å². The van der Waals surface area contributed by atoms with Crippen LogP contribution in [0.2, 0.25) is 0 Å². The maximum atomic E-state index is 12.4. The summed E-state index contributed by atoms with van der Waals surface area (Å²) >= 11 is 0. The molecule has 2 aromatic rings. The molecule has 3 nitrogen and oxygen atoms in total. The minimum atomic E-state index is -0.360. The average molecular weight is 539 g/mol. The van der Waals surface area contributed by atoms with Crippen LogP contribution in [-0.2, 0) is 17.1 Å². The van der Waals surface area contributed by atoms with Crippen molar-refractivity contribution in [3.63, 3.8) is 0 Å². The number of hydrogen-bond acceptors (Lipinski definition) is 3. The monoisotopic (exact) mass is 538 g/mol. The van der Waals surface area contributed by atoms with Crippen LogP contribution in [0.5, 0.6) is 11.5 Å². The topological polar surface area (TPSA) is 35.5 Å². The Balaban J connectivity index is 0.000000716. The van der Waals surface area contributed by atoms with Gasteiger partial charge in [0.2, 0.25) is 0 Å². The van der Waals surface area contributed by atoms with Gasteiger partial charge in [0, 0.05) is 5.92 Å². The van der Waals surface area contributed by atoms with Crippen LogP contribution < -0.4 is 9.47 Å². The third-order valence-electron chi connectivity index (χ3n) is 5.97. The Morgan fingerprint density at radius 2 is 1.14 bits per heavy atom. The van der Waals surface area contributed by atoms with Gasteiger partial charge in [0.25, 0.3) is 0 Å². The van der Waals surface area contributed by atoms with E-state index in [1.54, 1.807) is 24.3 Å². The Labute approximate surface area is 236 Å². The van der Waals surface area contributed by atoms with Crippen LogP contribution in [0.25, 0.3) is 0 Å². The summed E-state index contributed by atoms with van der Waals surface area (Å²) in [5.74, 6) is 2.11. The number of carbonyl (C=O) groups is 1. The summed E-state index contributed by atoms with van der Waals surface area (Å²) < 4.78 is 11.3. The Kier molecular flexibility index (Phi) is 16.4. The normalized spacial score (nSPS) is 14.9. The predicted octanol–water partition coefficient (Wildman–Crippen LogP) is 8.20. The van der Waals surface area contributed by atoms with E-state index in [1.165, 1.54) is 44.9 Å². The molecule has 10 radical (unpaired) electrons. The molecule has 0 aromatic heterocycles. The molecule has 4 heteroatoms. The SMILES string of the molecule is CCCCCCCCCCOc1ccc(OC(=O)c2ccc([C]3[CH][CH][CH][CH]3)cc2)cc1.[CH]1[CH][CH][CH][CH]1.[Fe+2]. The summed E-state index contributed by atoms with van der Waals surface area (Å²) in [6.07, 6.45) is 28.4. The van der Waals surface area contributed by atoms with Crippen LogP contribution in [0.3, 0.4) is 0 Å². The number of benzene rings is 2. The summed E-state index contributed by atoms with van der Waals surface area (Å²) in [5, 5.41) is 0. The molecular formula is C33H38FeO3+2. The van der Waals surface area contributed by atoms with Gasteiger partial charge in [0.1, 0.15) is 11.5 Å². The second kappa shape index (κ2) is 19.3. The van der Waals surface area contributed by atoms with E-state index in [4.69, 9.17) is 9.47 Å². The first kappa shape index (κ1) is 31.4. The van der Waals surface area contributed by atoms with Crippen LogP contribution in [-0.4, -0.2) is 12.6 Å². The van der Waals surface area contributed by atoms with Crippen molar-refractivity contribution in [2.24, 2.45) is 0 Å². The molecule has 37 heavy (non-hydrogen) atoms. The third-order valence-corrected chi connectivity index (χ3v) is 5.97. The fraction of sp³-hybridized carbons (Fsp3) is 0.303. The van der Waals surface area contributed by atoms with E-state index < -0.39 is 0 Å². The molecule has 0 amide bonds. The molecule has 2 saturated carbocycles. The van der Waals surface area contributed by atoms with E-state index >= 15 is 0 Å². The Morgan fingerprint density at radius 1 is 0.622 bits per heavy atom. The maximum absolute atomic E-state index is 12.4. The van der Waals surface area contributed by atoms with Gasteiger partial charge in [-0.2, -0.15) is 0 Å². The zero-order valence-corrected chi connectivity index (χ0v) is 22.9. The van der Waals surface area contributed by atoms with Crippen molar-refractivity contribution in [1.82, 2.24) is 0 Å². The number of hydrogen-bond donors (Lipinski definition) is 0. The van der Waals surface area contributed by atoms with Gasteiger partial charge in [0.05, 0.1) is 12.2 Å². The van der Waals surface area contributed by atoms with Crippen molar-refractivity contribution in [3.05, 3.63) is 123 Å². The van der Waals surface area contributed by atoms with Crippen molar-refractivity contribution in [2.75, 3.05) is 6.61 Å². The van der Waals surface area contributed by atoms with Gasteiger partial charge in [-0.05, 0) is 106 Å². The third kappa shape index (κ3) is 12.5. The minimum Gasteiger partial charge on any atom is -0.494 e. The van der Waals surface area contributed by atoms with Gasteiger partial charge in [-0.1, -0.05) is 64.0 Å². The molecule has 4 rings (SSSR count). The summed E-state index contributed by atoms with van der Waals surface area (Å²) in [5.41, 5.74) is 1.62. The van der Waals surface area contributed by atoms with Crippen LogP contribution >= 0.6 is 0 Å². The molecule has 0 N–H and O–H groups in total. The molecule has 0 atom stereocenters. The molecule has 0 heterocycles. The van der Waals surface area contributed by atoms with Gasteiger partial charge in [-0.3, -0.25) is 0 Å². The standard InChI is InChI=1S/C28H33O3.C5H5.Fe/c1-2-3-4-5-6-7-8-11-22-30-26-18-20-27(21-19-26)31-28(29)25-16-14-24(15-17-25)23-12-9-10-13-23;1-2-4-5-3-1;/h9-10,12-21H,2-8,11,22H2,1H3;1-5H;/q;;+2. The van der Waals surface area contributed by atoms with E-state index in [9.17, 15) is 4.79 Å². The second-order valence-corrected chi connectivity index (χ2v) is 8.90. The molecule has 2 aromatic carbocycles. The fourth-order valence-electron chi connectivity index (χ4n) is 3.88. The van der Waals surface area contributed by atoms with Crippen molar-refractivity contribution in [2.45, 2.75) is 58.3 Å². The number of rotatable bonds is 13. The number of ether oxygens (including phenoxy) is 2. The van der Waals surface area contributed by atoms with E-state index in [0.29, 0.717) is 11.3 Å². The number of esters is 1. The van der Waals surface area contributed by atoms with Crippen molar-refractivity contribution < 1.29 is 31.3 Å². The molecular weight excluding hydrogens is 500 g/mol. The molecule has 0 spiro atoms. The minimum absolute atomic E-state index is 0. The summed E-state index contributed by atoms with van der Waals surface area (Å²) in [6.45, 7) is 2.97. The van der Waals surface area contributed by atoms with E-state index in [-0.39, 0.29) is 23.0 Å². The first-order valence-corrected chi connectivity index (χ1v) is 13.2. The van der Waals surface area contributed by atoms with E-state index in [2.05, 4.69) is 6.92 Å².